The van der Waals surface area contributed by atoms with Gasteiger partial charge in [0.1, 0.15) is 0 Å². The number of nitrogens with one attached hydrogen (secondary N) is 1. The third-order valence-electron chi connectivity index (χ3n) is 4.08. The molecule has 8 heteroatoms. The maximum absolute atomic E-state index is 12.7. The number of ether oxygens (including phenoxy) is 1. The Hall–Kier alpha value is -3.57. The van der Waals surface area contributed by atoms with Gasteiger partial charge in [-0.25, -0.2) is 13.2 Å². The van der Waals surface area contributed by atoms with Gasteiger partial charge in [-0.15, -0.1) is 0 Å². The van der Waals surface area contributed by atoms with Crippen molar-refractivity contribution >= 4 is 27.6 Å². The minimum atomic E-state index is -3.83. The average Bonchev–Trinajstić information content (AvgIpc) is 2.69. The number of benzene rings is 2. The summed E-state index contributed by atoms with van der Waals surface area (Å²) in [6.45, 7) is 5.40. The van der Waals surface area contributed by atoms with Gasteiger partial charge in [0.05, 0.1) is 29.2 Å². The van der Waals surface area contributed by atoms with Gasteiger partial charge in [-0.1, -0.05) is 35.6 Å². The van der Waals surface area contributed by atoms with Crippen LogP contribution < -0.4 is 4.72 Å². The molecule has 0 unspecified atom stereocenters. The van der Waals surface area contributed by atoms with Crippen LogP contribution in [0, 0.1) is 25.7 Å². The Kier molecular flexibility index (Phi) is 8.00. The Morgan fingerprint density at radius 2 is 1.74 bits per heavy atom. The second-order valence-electron chi connectivity index (χ2n) is 6.70. The molecule has 2 aromatic carbocycles. The van der Waals surface area contributed by atoms with E-state index in [0.717, 1.165) is 11.1 Å². The molecule has 31 heavy (non-hydrogen) atoms. The highest BCUT2D eigenvalue weighted by Gasteiger charge is 2.16. The Balaban J connectivity index is 2.39. The van der Waals surface area contributed by atoms with E-state index in [1.807, 2.05) is 13.8 Å². The number of sulfonamides is 1. The first-order valence-corrected chi connectivity index (χ1v) is 10.9. The van der Waals surface area contributed by atoms with Crippen molar-refractivity contribution in [2.75, 3.05) is 11.3 Å². The first-order chi connectivity index (χ1) is 14.6. The third kappa shape index (κ3) is 7.01. The van der Waals surface area contributed by atoms with E-state index in [4.69, 9.17) is 9.84 Å². The maximum Gasteiger partial charge on any atom is 0.335 e. The third-order valence-corrected chi connectivity index (χ3v) is 5.46. The van der Waals surface area contributed by atoms with Gasteiger partial charge in [-0.05, 0) is 56.7 Å². The van der Waals surface area contributed by atoms with E-state index in [1.165, 1.54) is 18.2 Å². The summed E-state index contributed by atoms with van der Waals surface area (Å²) in [5, 5.41) is 8.98. The van der Waals surface area contributed by atoms with Crippen molar-refractivity contribution < 1.29 is 27.9 Å². The fraction of sp³-hybridized carbons (Fsp3) is 0.217. The molecule has 0 spiro atoms. The molecule has 0 amide bonds. The summed E-state index contributed by atoms with van der Waals surface area (Å²) >= 11 is 0. The number of aliphatic carboxylic acids is 1. The van der Waals surface area contributed by atoms with Gasteiger partial charge in [0.25, 0.3) is 10.0 Å². The van der Waals surface area contributed by atoms with Crippen LogP contribution in [-0.2, 0) is 24.3 Å². The van der Waals surface area contributed by atoms with Crippen LogP contribution >= 0.6 is 0 Å². The van der Waals surface area contributed by atoms with E-state index < -0.39 is 28.4 Å². The fourth-order valence-corrected chi connectivity index (χ4v) is 3.62. The monoisotopic (exact) mass is 441 g/mol. The van der Waals surface area contributed by atoms with Crippen molar-refractivity contribution in [2.24, 2.45) is 0 Å². The van der Waals surface area contributed by atoms with Gasteiger partial charge < -0.3 is 9.84 Å². The van der Waals surface area contributed by atoms with E-state index in [0.29, 0.717) is 5.56 Å². The van der Waals surface area contributed by atoms with Crippen LogP contribution in [0.15, 0.2) is 59.0 Å². The van der Waals surface area contributed by atoms with Gasteiger partial charge in [-0.2, -0.15) is 0 Å². The lowest BCUT2D eigenvalue weighted by Crippen LogP contribution is -2.14. The highest BCUT2D eigenvalue weighted by molar-refractivity contribution is 7.92. The average molecular weight is 442 g/mol. The van der Waals surface area contributed by atoms with Gasteiger partial charge in [-0.3, -0.25) is 9.52 Å². The Labute approximate surface area is 181 Å². The van der Waals surface area contributed by atoms with Crippen molar-refractivity contribution in [3.05, 3.63) is 70.8 Å². The number of allylic oxidation sites excluding steroid dienone is 1. The number of carbonyl (C=O) groups is 2. The van der Waals surface area contributed by atoms with Crippen LogP contribution in [0.3, 0.4) is 0 Å². The molecular formula is C23H23NO6S. The number of carbonyl (C=O) groups excluding carboxylic acids is 1. The fourth-order valence-electron chi connectivity index (χ4n) is 2.54. The molecule has 0 aromatic heterocycles. The molecular weight excluding hydrogens is 418 g/mol. The predicted octanol–water partition coefficient (Wildman–Crippen LogP) is 3.42. The van der Waals surface area contributed by atoms with Crippen molar-refractivity contribution in [2.45, 2.75) is 32.1 Å². The zero-order valence-electron chi connectivity index (χ0n) is 17.4. The van der Waals surface area contributed by atoms with Crippen LogP contribution in [0.1, 0.15) is 30.0 Å². The molecule has 0 radical (unpaired) electrons. The first-order valence-electron chi connectivity index (χ1n) is 9.42. The molecule has 2 N–H and O–H groups in total. The minimum absolute atomic E-state index is 0.101. The topological polar surface area (TPSA) is 110 Å². The lowest BCUT2D eigenvalue weighted by atomic mass is 10.1. The van der Waals surface area contributed by atoms with Crippen LogP contribution in [0.2, 0.25) is 0 Å². The van der Waals surface area contributed by atoms with Crippen molar-refractivity contribution in [1.82, 2.24) is 0 Å². The summed E-state index contributed by atoms with van der Waals surface area (Å²) in [4.78, 5) is 23.0. The number of esters is 1. The minimum Gasteiger partial charge on any atom is -0.481 e. The number of rotatable bonds is 7. The zero-order valence-corrected chi connectivity index (χ0v) is 18.2. The predicted molar refractivity (Wildman–Crippen MR) is 117 cm³/mol. The molecule has 0 bridgehead atoms. The van der Waals surface area contributed by atoms with Gasteiger partial charge in [0, 0.05) is 5.56 Å². The normalized spacial score (nSPS) is 11.3. The Morgan fingerprint density at radius 3 is 2.35 bits per heavy atom. The van der Waals surface area contributed by atoms with Crippen molar-refractivity contribution in [3.63, 3.8) is 0 Å². The molecule has 0 fully saturated rings. The van der Waals surface area contributed by atoms with E-state index >= 15 is 0 Å². The number of aryl methyl sites for hydroxylation is 2. The number of hydrogen-bond donors (Lipinski definition) is 2. The quantitative estimate of drug-likeness (QED) is 0.387. The van der Waals surface area contributed by atoms with Crippen LogP contribution in [0.4, 0.5) is 5.69 Å². The van der Waals surface area contributed by atoms with E-state index in [-0.39, 0.29) is 22.8 Å². The summed E-state index contributed by atoms with van der Waals surface area (Å²) < 4.78 is 32.8. The second kappa shape index (κ2) is 10.5. The van der Waals surface area contributed by atoms with E-state index in [2.05, 4.69) is 16.6 Å². The molecule has 2 rings (SSSR count). The number of carboxylic acid groups (broad SMARTS) is 1. The lowest BCUT2D eigenvalue weighted by Gasteiger charge is -2.11. The first kappa shape index (κ1) is 23.7. The van der Waals surface area contributed by atoms with Crippen molar-refractivity contribution in [3.8, 4) is 11.8 Å². The molecule has 0 aliphatic carbocycles. The van der Waals surface area contributed by atoms with Crippen LogP contribution in [0.25, 0.3) is 0 Å². The molecule has 0 saturated carbocycles. The lowest BCUT2D eigenvalue weighted by molar-refractivity contribution is -0.142. The zero-order chi connectivity index (χ0) is 23.0. The van der Waals surface area contributed by atoms with Crippen molar-refractivity contribution in [1.29, 1.82) is 0 Å². The SMILES string of the molecule is CCOC(=O)/C(=C/C#Cc1cc(C)ccc1NS(=O)(=O)c1ccc(C)cc1)CC(=O)O. The number of carboxylic acids is 1. The van der Waals surface area contributed by atoms with Gasteiger partial charge in [0.15, 0.2) is 0 Å². The highest BCUT2D eigenvalue weighted by Crippen LogP contribution is 2.21. The summed E-state index contributed by atoms with van der Waals surface area (Å²) in [6, 6.07) is 11.5. The van der Waals surface area contributed by atoms with Crippen LogP contribution in [-0.4, -0.2) is 32.1 Å². The molecule has 7 nitrogen and oxygen atoms in total. The highest BCUT2D eigenvalue weighted by atomic mass is 32.2. The maximum atomic E-state index is 12.7. The molecule has 0 aliphatic heterocycles. The Bertz CT molecular complexity index is 1170. The molecule has 0 aliphatic rings. The Morgan fingerprint density at radius 1 is 1.10 bits per heavy atom. The summed E-state index contributed by atoms with van der Waals surface area (Å²) in [5.41, 5.74) is 2.33. The summed E-state index contributed by atoms with van der Waals surface area (Å²) in [7, 11) is -3.83. The number of anilines is 1. The van der Waals surface area contributed by atoms with Crippen LogP contribution in [0.5, 0.6) is 0 Å². The molecule has 0 saturated heterocycles. The summed E-state index contributed by atoms with van der Waals surface area (Å²) in [5.74, 6) is 3.47. The van der Waals surface area contributed by atoms with Gasteiger partial charge in [0.2, 0.25) is 0 Å². The van der Waals surface area contributed by atoms with E-state index in [1.54, 1.807) is 37.3 Å². The molecule has 0 atom stereocenters. The standard InChI is InChI=1S/C23H23NO6S/c1-4-30-23(27)19(15-22(25)26)7-5-6-18-14-17(3)10-13-21(18)24-31(28,29)20-11-8-16(2)9-12-20/h7-14,24H,4,15H2,1-3H3,(H,25,26)/b19-7+. The largest absolute Gasteiger partial charge is 0.481 e. The van der Waals surface area contributed by atoms with Gasteiger partial charge >= 0.3 is 11.9 Å². The summed E-state index contributed by atoms with van der Waals surface area (Å²) in [6.07, 6.45) is 0.640. The van der Waals surface area contributed by atoms with E-state index in [9.17, 15) is 18.0 Å². The number of hydrogen-bond acceptors (Lipinski definition) is 5. The molecule has 2 aromatic rings. The second-order valence-corrected chi connectivity index (χ2v) is 8.38. The molecule has 0 heterocycles. The molecule has 162 valence electrons. The smallest absolute Gasteiger partial charge is 0.335 e.